The molecule has 4 atom stereocenters. The normalized spacial score (nSPS) is 40.8. The first-order valence-electron chi connectivity index (χ1n) is 6.69. The van der Waals surface area contributed by atoms with Crippen molar-refractivity contribution in [3.05, 3.63) is 29.8 Å². The first kappa shape index (κ1) is 11.0. The summed E-state index contributed by atoms with van der Waals surface area (Å²) in [7, 11) is -3.23. The molecule has 2 aliphatic carbocycles. The molecule has 3 fully saturated rings. The van der Waals surface area contributed by atoms with Gasteiger partial charge in [0.1, 0.15) is 0 Å². The van der Waals surface area contributed by atoms with Crippen LogP contribution in [-0.2, 0) is 10.0 Å². The van der Waals surface area contributed by atoms with Gasteiger partial charge in [-0.05, 0) is 50.2 Å². The Morgan fingerprint density at radius 1 is 1.06 bits per heavy atom. The van der Waals surface area contributed by atoms with Crippen molar-refractivity contribution in [2.75, 3.05) is 0 Å². The van der Waals surface area contributed by atoms with Crippen molar-refractivity contribution >= 4 is 10.0 Å². The molecule has 4 rings (SSSR count). The van der Waals surface area contributed by atoms with Gasteiger partial charge in [-0.2, -0.15) is 4.31 Å². The zero-order valence-electron chi connectivity index (χ0n) is 10.4. The van der Waals surface area contributed by atoms with Gasteiger partial charge in [0.25, 0.3) is 0 Å². The first-order chi connectivity index (χ1) is 8.59. The van der Waals surface area contributed by atoms with Gasteiger partial charge in [0.05, 0.1) is 4.90 Å². The molecule has 1 aromatic carbocycles. The minimum atomic E-state index is -3.23. The summed E-state index contributed by atoms with van der Waals surface area (Å²) >= 11 is 0. The van der Waals surface area contributed by atoms with Crippen molar-refractivity contribution in [2.45, 2.75) is 43.2 Å². The van der Waals surface area contributed by atoms with Gasteiger partial charge < -0.3 is 0 Å². The molecular formula is C14H17NO2S. The maximum absolute atomic E-state index is 12.6. The highest BCUT2D eigenvalue weighted by atomic mass is 32.2. The van der Waals surface area contributed by atoms with Crippen LogP contribution in [0.2, 0.25) is 0 Å². The van der Waals surface area contributed by atoms with Crippen LogP contribution in [0.5, 0.6) is 0 Å². The van der Waals surface area contributed by atoms with E-state index in [1.807, 2.05) is 19.1 Å². The molecule has 0 aromatic heterocycles. The molecular weight excluding hydrogens is 246 g/mol. The molecule has 0 radical (unpaired) electrons. The summed E-state index contributed by atoms with van der Waals surface area (Å²) in [6.07, 6.45) is 3.72. The van der Waals surface area contributed by atoms with E-state index in [0.717, 1.165) is 5.56 Å². The van der Waals surface area contributed by atoms with Crippen LogP contribution >= 0.6 is 0 Å². The van der Waals surface area contributed by atoms with Crippen molar-refractivity contribution < 1.29 is 8.42 Å². The molecule has 1 saturated heterocycles. The number of hydrogen-bond acceptors (Lipinski definition) is 2. The zero-order chi connectivity index (χ0) is 12.5. The van der Waals surface area contributed by atoms with Crippen LogP contribution in [0.15, 0.2) is 29.2 Å². The van der Waals surface area contributed by atoms with E-state index >= 15 is 0 Å². The maximum Gasteiger partial charge on any atom is 0.243 e. The number of benzene rings is 1. The second kappa shape index (κ2) is 3.36. The Labute approximate surface area is 108 Å². The Balaban J connectivity index is 1.68. The van der Waals surface area contributed by atoms with E-state index in [9.17, 15) is 8.42 Å². The van der Waals surface area contributed by atoms with Crippen LogP contribution in [0.3, 0.4) is 0 Å². The molecule has 1 heterocycles. The van der Waals surface area contributed by atoms with E-state index in [-0.39, 0.29) is 0 Å². The van der Waals surface area contributed by atoms with E-state index in [1.54, 1.807) is 16.4 Å². The summed E-state index contributed by atoms with van der Waals surface area (Å²) in [6, 6.07) is 7.88. The fraction of sp³-hybridized carbons (Fsp3) is 0.571. The number of hydrogen-bond donors (Lipinski definition) is 0. The largest absolute Gasteiger partial charge is 0.243 e. The van der Waals surface area contributed by atoms with Crippen LogP contribution in [0.1, 0.15) is 24.8 Å². The number of sulfonamides is 1. The maximum atomic E-state index is 12.6. The predicted octanol–water partition coefficient (Wildman–Crippen LogP) is 2.17. The van der Waals surface area contributed by atoms with Gasteiger partial charge in [-0.3, -0.25) is 0 Å². The highest BCUT2D eigenvalue weighted by Crippen LogP contribution is 2.60. The van der Waals surface area contributed by atoms with Gasteiger partial charge in [-0.15, -0.1) is 0 Å². The number of nitrogens with zero attached hydrogens (tertiary/aromatic N) is 1. The summed E-state index contributed by atoms with van der Waals surface area (Å²) in [6.45, 7) is 1.97. The molecule has 0 N–H and O–H groups in total. The third kappa shape index (κ3) is 1.30. The van der Waals surface area contributed by atoms with Gasteiger partial charge in [0.15, 0.2) is 0 Å². The lowest BCUT2D eigenvalue weighted by Crippen LogP contribution is -2.21. The van der Waals surface area contributed by atoms with Crippen LogP contribution in [0.25, 0.3) is 0 Å². The second-order valence-corrected chi connectivity index (χ2v) is 7.81. The van der Waals surface area contributed by atoms with Gasteiger partial charge in [0.2, 0.25) is 10.0 Å². The summed E-state index contributed by atoms with van der Waals surface area (Å²) in [5.74, 6) is 1.28. The topological polar surface area (TPSA) is 37.1 Å². The number of piperidine rings is 1. The lowest BCUT2D eigenvalue weighted by Gasteiger charge is -2.12. The van der Waals surface area contributed by atoms with E-state index in [0.29, 0.717) is 28.8 Å². The molecule has 3 aliphatic rings. The molecule has 1 aromatic rings. The summed E-state index contributed by atoms with van der Waals surface area (Å²) in [4.78, 5) is 0.460. The second-order valence-electron chi connectivity index (χ2n) is 5.96. The molecule has 4 heteroatoms. The quantitative estimate of drug-likeness (QED) is 0.767. The minimum Gasteiger partial charge on any atom is -0.207 e. The van der Waals surface area contributed by atoms with Crippen LogP contribution in [0.4, 0.5) is 0 Å². The lowest BCUT2D eigenvalue weighted by atomic mass is 10.0. The van der Waals surface area contributed by atoms with Gasteiger partial charge >= 0.3 is 0 Å². The summed E-state index contributed by atoms with van der Waals surface area (Å²) in [5, 5.41) is 0. The molecule has 18 heavy (non-hydrogen) atoms. The third-order valence-corrected chi connectivity index (χ3v) is 6.83. The minimum absolute atomic E-state index is 0.329. The Kier molecular flexibility index (Phi) is 2.06. The molecule has 2 bridgehead atoms. The SMILES string of the molecule is Cc1ccc(S(=O)(=O)N2[C@H]3[C@@H]4CC[C@H](C4)[C@@H]32)cc1. The van der Waals surface area contributed by atoms with E-state index in [1.165, 1.54) is 19.3 Å². The molecule has 0 unspecified atom stereocenters. The average molecular weight is 263 g/mol. The monoisotopic (exact) mass is 263 g/mol. The standard InChI is InChI=1S/C14H17NO2S/c1-9-2-6-12(7-3-9)18(16,17)15-13-10-4-5-11(8-10)14(13)15/h2-3,6-7,10-11,13-14H,4-5,8H2,1H3/t10-,11-,13+,14+/m1/s1. The molecule has 96 valence electrons. The summed E-state index contributed by atoms with van der Waals surface area (Å²) < 4.78 is 26.9. The first-order valence-corrected chi connectivity index (χ1v) is 8.13. The molecule has 0 amide bonds. The Hall–Kier alpha value is -0.870. The van der Waals surface area contributed by atoms with Gasteiger partial charge in [-0.25, -0.2) is 8.42 Å². The highest BCUT2D eigenvalue weighted by molar-refractivity contribution is 7.89. The van der Waals surface area contributed by atoms with Gasteiger partial charge in [-0.1, -0.05) is 17.7 Å². The van der Waals surface area contributed by atoms with Crippen LogP contribution in [-0.4, -0.2) is 24.8 Å². The van der Waals surface area contributed by atoms with Crippen molar-refractivity contribution in [3.63, 3.8) is 0 Å². The lowest BCUT2D eigenvalue weighted by molar-refractivity contribution is 0.447. The van der Waals surface area contributed by atoms with Gasteiger partial charge in [0, 0.05) is 12.1 Å². The molecule has 1 aliphatic heterocycles. The summed E-state index contributed by atoms with van der Waals surface area (Å²) in [5.41, 5.74) is 1.10. The molecule has 2 saturated carbocycles. The Bertz CT molecular complexity index is 577. The molecule has 0 spiro atoms. The zero-order valence-corrected chi connectivity index (χ0v) is 11.2. The van der Waals surface area contributed by atoms with Crippen molar-refractivity contribution in [1.29, 1.82) is 0 Å². The smallest absolute Gasteiger partial charge is 0.207 e. The number of fused-ring (bicyclic) bond motifs is 5. The number of aryl methyl sites for hydroxylation is 1. The molecule has 3 nitrogen and oxygen atoms in total. The Morgan fingerprint density at radius 3 is 2.17 bits per heavy atom. The van der Waals surface area contributed by atoms with Crippen molar-refractivity contribution in [1.82, 2.24) is 4.31 Å². The van der Waals surface area contributed by atoms with Crippen LogP contribution in [0, 0.1) is 18.8 Å². The average Bonchev–Trinajstić information content (AvgIpc) is 2.83. The van der Waals surface area contributed by atoms with E-state index in [4.69, 9.17) is 0 Å². The predicted molar refractivity (Wildman–Crippen MR) is 68.6 cm³/mol. The third-order valence-electron chi connectivity index (χ3n) is 4.92. The van der Waals surface area contributed by atoms with Crippen molar-refractivity contribution in [3.8, 4) is 0 Å². The fourth-order valence-electron chi connectivity index (χ4n) is 4.05. The Morgan fingerprint density at radius 2 is 1.61 bits per heavy atom. The van der Waals surface area contributed by atoms with Crippen molar-refractivity contribution in [2.24, 2.45) is 11.8 Å². The van der Waals surface area contributed by atoms with E-state index in [2.05, 4.69) is 0 Å². The number of rotatable bonds is 2. The fourth-order valence-corrected chi connectivity index (χ4v) is 5.95. The van der Waals surface area contributed by atoms with Crippen LogP contribution < -0.4 is 0 Å². The highest BCUT2D eigenvalue weighted by Gasteiger charge is 2.68. The van der Waals surface area contributed by atoms with E-state index < -0.39 is 10.0 Å².